The molecule has 1 amide bonds. The normalized spacial score (nSPS) is 32.3. The molecule has 96 valence electrons. The van der Waals surface area contributed by atoms with E-state index >= 15 is 0 Å². The molecule has 0 aromatic rings. The number of fused-ring (bicyclic) bond motifs is 1. The Kier molecular flexibility index (Phi) is 3.69. The Morgan fingerprint density at radius 3 is 2.65 bits per heavy atom. The summed E-state index contributed by atoms with van der Waals surface area (Å²) in [5, 5.41) is 9.25. The predicted octanol–water partition coefficient (Wildman–Crippen LogP) is 2.03. The summed E-state index contributed by atoms with van der Waals surface area (Å²) in [6.45, 7) is 1.96. The van der Waals surface area contributed by atoms with Crippen molar-refractivity contribution in [3.63, 3.8) is 0 Å². The van der Waals surface area contributed by atoms with Gasteiger partial charge < -0.3 is 10.0 Å². The predicted molar refractivity (Wildman–Crippen MR) is 63.5 cm³/mol. The van der Waals surface area contributed by atoms with Crippen molar-refractivity contribution in [2.24, 2.45) is 5.92 Å². The first-order valence-corrected chi connectivity index (χ1v) is 6.69. The topological polar surface area (TPSA) is 57.6 Å². The molecule has 3 unspecified atom stereocenters. The van der Waals surface area contributed by atoms with Crippen LogP contribution < -0.4 is 0 Å². The van der Waals surface area contributed by atoms with Crippen molar-refractivity contribution in [2.75, 3.05) is 0 Å². The first-order chi connectivity index (χ1) is 8.15. The zero-order valence-electron chi connectivity index (χ0n) is 10.4. The lowest BCUT2D eigenvalue weighted by molar-refractivity contribution is -0.149. The van der Waals surface area contributed by atoms with Gasteiger partial charge in [-0.25, -0.2) is 4.79 Å². The van der Waals surface area contributed by atoms with Crippen LogP contribution in [0.15, 0.2) is 0 Å². The molecule has 1 heterocycles. The summed E-state index contributed by atoms with van der Waals surface area (Å²) in [7, 11) is 0. The molecule has 17 heavy (non-hydrogen) atoms. The third kappa shape index (κ3) is 2.31. The van der Waals surface area contributed by atoms with Crippen LogP contribution >= 0.6 is 0 Å². The van der Waals surface area contributed by atoms with E-state index in [0.717, 1.165) is 25.7 Å². The second-order valence-corrected chi connectivity index (χ2v) is 5.25. The van der Waals surface area contributed by atoms with Gasteiger partial charge in [0.15, 0.2) is 0 Å². The number of carboxylic acid groups (broad SMARTS) is 1. The molecule has 1 aliphatic carbocycles. The number of carbonyl (C=O) groups excluding carboxylic acids is 1. The number of nitrogens with zero attached hydrogens (tertiary/aromatic N) is 1. The quantitative estimate of drug-likeness (QED) is 0.819. The van der Waals surface area contributed by atoms with Gasteiger partial charge in [0, 0.05) is 12.5 Å². The molecule has 3 atom stereocenters. The number of rotatable bonds is 3. The van der Waals surface area contributed by atoms with Crippen LogP contribution in [0.2, 0.25) is 0 Å². The third-order valence-corrected chi connectivity index (χ3v) is 4.12. The van der Waals surface area contributed by atoms with Crippen molar-refractivity contribution in [1.29, 1.82) is 0 Å². The Morgan fingerprint density at radius 1 is 1.29 bits per heavy atom. The minimum Gasteiger partial charge on any atom is -0.480 e. The molecule has 0 aromatic carbocycles. The van der Waals surface area contributed by atoms with Crippen LogP contribution in [0.5, 0.6) is 0 Å². The molecule has 4 heteroatoms. The Labute approximate surface area is 102 Å². The van der Waals surface area contributed by atoms with Crippen LogP contribution in [0, 0.1) is 5.92 Å². The first kappa shape index (κ1) is 12.4. The van der Waals surface area contributed by atoms with E-state index < -0.39 is 12.0 Å². The maximum atomic E-state index is 12.1. The highest BCUT2D eigenvalue weighted by atomic mass is 16.4. The summed E-state index contributed by atoms with van der Waals surface area (Å²) >= 11 is 0. The molecule has 0 spiro atoms. The van der Waals surface area contributed by atoms with E-state index in [9.17, 15) is 14.7 Å². The molecule has 2 fully saturated rings. The summed E-state index contributed by atoms with van der Waals surface area (Å²) in [5.74, 6) is -0.371. The van der Waals surface area contributed by atoms with Crippen molar-refractivity contribution in [1.82, 2.24) is 4.90 Å². The SMILES string of the molecule is CCCC(=O)N1C(C(=O)O)CC2CCCCC21. The maximum absolute atomic E-state index is 12.1. The molecule has 4 nitrogen and oxygen atoms in total. The largest absolute Gasteiger partial charge is 0.480 e. The lowest BCUT2D eigenvalue weighted by atomic mass is 9.84. The lowest BCUT2D eigenvalue weighted by Gasteiger charge is -2.33. The monoisotopic (exact) mass is 239 g/mol. The standard InChI is InChI=1S/C13H21NO3/c1-2-5-12(15)14-10-7-4-3-6-9(10)8-11(14)13(16)17/h9-11H,2-8H2,1H3,(H,16,17). The van der Waals surface area contributed by atoms with Crippen molar-refractivity contribution >= 4 is 11.9 Å². The van der Waals surface area contributed by atoms with Crippen LogP contribution in [0.1, 0.15) is 51.9 Å². The van der Waals surface area contributed by atoms with Crippen molar-refractivity contribution < 1.29 is 14.7 Å². The van der Waals surface area contributed by atoms with Gasteiger partial charge in [-0.05, 0) is 31.6 Å². The molecule has 0 bridgehead atoms. The Hall–Kier alpha value is -1.06. The summed E-state index contributed by atoms with van der Waals surface area (Å²) in [6.07, 6.45) is 6.32. The smallest absolute Gasteiger partial charge is 0.326 e. The molecule has 1 saturated carbocycles. The van der Waals surface area contributed by atoms with E-state index in [4.69, 9.17) is 0 Å². The number of hydrogen-bond acceptors (Lipinski definition) is 2. The number of aliphatic carboxylic acids is 1. The summed E-state index contributed by atoms with van der Waals surface area (Å²) < 4.78 is 0. The highest BCUT2D eigenvalue weighted by Crippen LogP contribution is 2.40. The zero-order valence-corrected chi connectivity index (χ0v) is 10.4. The van der Waals surface area contributed by atoms with Crippen molar-refractivity contribution in [2.45, 2.75) is 64.0 Å². The van der Waals surface area contributed by atoms with Crippen LogP contribution in [0.4, 0.5) is 0 Å². The first-order valence-electron chi connectivity index (χ1n) is 6.69. The molecule has 2 rings (SSSR count). The fourth-order valence-electron chi connectivity index (χ4n) is 3.38. The van der Waals surface area contributed by atoms with E-state index in [2.05, 4.69) is 0 Å². The van der Waals surface area contributed by atoms with Crippen LogP contribution in [-0.4, -0.2) is 34.0 Å². The molecule has 1 aliphatic heterocycles. The fourth-order valence-corrected chi connectivity index (χ4v) is 3.38. The van der Waals surface area contributed by atoms with Gasteiger partial charge in [0.05, 0.1) is 0 Å². The van der Waals surface area contributed by atoms with E-state index in [1.54, 1.807) is 4.90 Å². The Bertz CT molecular complexity index is 316. The van der Waals surface area contributed by atoms with Gasteiger partial charge in [0.25, 0.3) is 0 Å². The van der Waals surface area contributed by atoms with Gasteiger partial charge in [-0.3, -0.25) is 4.79 Å². The fraction of sp³-hybridized carbons (Fsp3) is 0.846. The summed E-state index contributed by atoms with van der Waals surface area (Å²) in [5.41, 5.74) is 0. The van der Waals surface area contributed by atoms with E-state index in [-0.39, 0.29) is 11.9 Å². The highest BCUT2D eigenvalue weighted by molar-refractivity contribution is 5.84. The molecule has 0 radical (unpaired) electrons. The van der Waals surface area contributed by atoms with Gasteiger partial charge in [-0.2, -0.15) is 0 Å². The minimum atomic E-state index is -0.830. The van der Waals surface area contributed by atoms with Crippen LogP contribution in [0.3, 0.4) is 0 Å². The van der Waals surface area contributed by atoms with E-state index in [0.29, 0.717) is 18.8 Å². The van der Waals surface area contributed by atoms with Crippen molar-refractivity contribution in [3.05, 3.63) is 0 Å². The van der Waals surface area contributed by atoms with E-state index in [1.165, 1.54) is 6.42 Å². The number of amides is 1. The number of carboxylic acids is 1. The molecular formula is C13H21NO3. The van der Waals surface area contributed by atoms with Gasteiger partial charge in [-0.1, -0.05) is 19.8 Å². The second kappa shape index (κ2) is 5.07. The maximum Gasteiger partial charge on any atom is 0.326 e. The molecule has 1 N–H and O–H groups in total. The summed E-state index contributed by atoms with van der Waals surface area (Å²) in [6, 6.07) is -0.369. The minimum absolute atomic E-state index is 0.0364. The second-order valence-electron chi connectivity index (χ2n) is 5.25. The molecular weight excluding hydrogens is 218 g/mol. The highest BCUT2D eigenvalue weighted by Gasteiger charge is 2.46. The van der Waals surface area contributed by atoms with Gasteiger partial charge >= 0.3 is 5.97 Å². The number of carbonyl (C=O) groups is 2. The zero-order chi connectivity index (χ0) is 12.4. The Balaban J connectivity index is 2.17. The molecule has 2 aliphatic rings. The van der Waals surface area contributed by atoms with Crippen molar-refractivity contribution in [3.8, 4) is 0 Å². The van der Waals surface area contributed by atoms with Crippen LogP contribution in [-0.2, 0) is 9.59 Å². The third-order valence-electron chi connectivity index (χ3n) is 4.12. The Morgan fingerprint density at radius 2 is 2.00 bits per heavy atom. The van der Waals surface area contributed by atoms with E-state index in [1.807, 2.05) is 6.92 Å². The van der Waals surface area contributed by atoms with Gasteiger partial charge in [-0.15, -0.1) is 0 Å². The lowest BCUT2D eigenvalue weighted by Crippen LogP contribution is -2.46. The number of likely N-dealkylation sites (tertiary alicyclic amines) is 1. The van der Waals surface area contributed by atoms with Gasteiger partial charge in [0.2, 0.25) is 5.91 Å². The van der Waals surface area contributed by atoms with Crippen LogP contribution in [0.25, 0.3) is 0 Å². The molecule has 1 saturated heterocycles. The summed E-state index contributed by atoms with van der Waals surface area (Å²) in [4.78, 5) is 25.0. The van der Waals surface area contributed by atoms with Gasteiger partial charge in [0.1, 0.15) is 6.04 Å². The molecule has 0 aromatic heterocycles. The average molecular weight is 239 g/mol. The number of hydrogen-bond donors (Lipinski definition) is 1. The average Bonchev–Trinajstić information content (AvgIpc) is 2.68.